The summed E-state index contributed by atoms with van der Waals surface area (Å²) in [5.74, 6) is -0.135. The molecule has 0 aliphatic carbocycles. The molecule has 0 atom stereocenters. The van der Waals surface area contributed by atoms with Gasteiger partial charge in [-0.15, -0.1) is 20.4 Å². The zero-order valence-electron chi connectivity index (χ0n) is 11.9. The number of nitro benzene ring substituents is 1. The standard InChI is InChI=1S/C12H9N7O4S/c20-10(17-18-6-13-14-7-18)5-24-12-16-15-11(23-12)8-2-1-3-9(4-8)19(21)22/h1-4,6-7H,5H2,(H,17,20). The molecule has 0 saturated carbocycles. The predicted octanol–water partition coefficient (Wildman–Crippen LogP) is 1.10. The molecule has 1 aromatic carbocycles. The van der Waals surface area contributed by atoms with Gasteiger partial charge in [-0.3, -0.25) is 20.3 Å². The molecule has 0 aliphatic heterocycles. The van der Waals surface area contributed by atoms with Gasteiger partial charge in [-0.25, -0.2) is 4.68 Å². The smallest absolute Gasteiger partial charge is 0.277 e. The van der Waals surface area contributed by atoms with Gasteiger partial charge in [-0.2, -0.15) is 0 Å². The third-order valence-corrected chi connectivity index (χ3v) is 3.53. The molecule has 0 radical (unpaired) electrons. The van der Waals surface area contributed by atoms with Crippen LogP contribution in [0.5, 0.6) is 0 Å². The molecule has 0 bridgehead atoms. The summed E-state index contributed by atoms with van der Waals surface area (Å²) in [4.78, 5) is 22.0. The fourth-order valence-corrected chi connectivity index (χ4v) is 2.25. The van der Waals surface area contributed by atoms with Crippen LogP contribution in [0, 0.1) is 10.1 Å². The van der Waals surface area contributed by atoms with E-state index in [-0.39, 0.29) is 28.5 Å². The van der Waals surface area contributed by atoms with Gasteiger partial charge in [-0.05, 0) is 6.07 Å². The van der Waals surface area contributed by atoms with E-state index in [1.165, 1.54) is 35.5 Å². The molecule has 2 heterocycles. The molecular formula is C12H9N7O4S. The van der Waals surface area contributed by atoms with E-state index in [9.17, 15) is 14.9 Å². The predicted molar refractivity (Wildman–Crippen MR) is 81.5 cm³/mol. The van der Waals surface area contributed by atoms with Gasteiger partial charge < -0.3 is 4.42 Å². The molecule has 24 heavy (non-hydrogen) atoms. The quantitative estimate of drug-likeness (QED) is 0.394. The van der Waals surface area contributed by atoms with Crippen LogP contribution in [0.4, 0.5) is 5.69 Å². The van der Waals surface area contributed by atoms with Crippen LogP contribution in [0.3, 0.4) is 0 Å². The number of aromatic nitrogens is 5. The maximum atomic E-state index is 11.7. The van der Waals surface area contributed by atoms with Crippen LogP contribution in [0.1, 0.15) is 0 Å². The van der Waals surface area contributed by atoms with Crippen molar-refractivity contribution in [2.24, 2.45) is 0 Å². The Morgan fingerprint density at radius 2 is 2.12 bits per heavy atom. The zero-order chi connectivity index (χ0) is 16.9. The molecule has 0 spiro atoms. The third kappa shape index (κ3) is 3.73. The lowest BCUT2D eigenvalue weighted by molar-refractivity contribution is -0.384. The summed E-state index contributed by atoms with van der Waals surface area (Å²) < 4.78 is 6.71. The summed E-state index contributed by atoms with van der Waals surface area (Å²) in [6, 6.07) is 5.84. The van der Waals surface area contributed by atoms with Gasteiger partial charge in [0.1, 0.15) is 12.7 Å². The first-order valence-electron chi connectivity index (χ1n) is 6.47. The van der Waals surface area contributed by atoms with Crippen molar-refractivity contribution in [3.05, 3.63) is 47.0 Å². The van der Waals surface area contributed by atoms with Gasteiger partial charge in [0.25, 0.3) is 10.9 Å². The van der Waals surface area contributed by atoms with Crippen molar-refractivity contribution < 1.29 is 14.1 Å². The Morgan fingerprint density at radius 1 is 1.33 bits per heavy atom. The van der Waals surface area contributed by atoms with E-state index in [0.717, 1.165) is 11.8 Å². The summed E-state index contributed by atoms with van der Waals surface area (Å²) in [5, 5.41) is 25.7. The Bertz CT molecular complexity index is 864. The van der Waals surface area contributed by atoms with Crippen molar-refractivity contribution in [1.82, 2.24) is 25.1 Å². The molecule has 0 saturated heterocycles. The van der Waals surface area contributed by atoms with E-state index < -0.39 is 4.92 Å². The molecule has 0 fully saturated rings. The molecule has 3 aromatic rings. The maximum absolute atomic E-state index is 11.7. The summed E-state index contributed by atoms with van der Waals surface area (Å²) in [5.41, 5.74) is 2.87. The van der Waals surface area contributed by atoms with Crippen molar-refractivity contribution in [2.75, 3.05) is 11.2 Å². The van der Waals surface area contributed by atoms with E-state index >= 15 is 0 Å². The van der Waals surface area contributed by atoms with Gasteiger partial charge in [0, 0.05) is 17.7 Å². The average Bonchev–Trinajstić information content (AvgIpc) is 3.24. The van der Waals surface area contributed by atoms with E-state index in [0.29, 0.717) is 5.56 Å². The minimum Gasteiger partial charge on any atom is -0.411 e. The molecule has 0 aliphatic rings. The van der Waals surface area contributed by atoms with E-state index in [1.54, 1.807) is 6.07 Å². The summed E-state index contributed by atoms with van der Waals surface area (Å²) in [6.07, 6.45) is 2.69. The second kappa shape index (κ2) is 6.87. The highest BCUT2D eigenvalue weighted by molar-refractivity contribution is 7.99. The number of rotatable bonds is 6. The normalized spacial score (nSPS) is 10.5. The van der Waals surface area contributed by atoms with Crippen LogP contribution in [0.25, 0.3) is 11.5 Å². The lowest BCUT2D eigenvalue weighted by Gasteiger charge is -2.01. The largest absolute Gasteiger partial charge is 0.411 e. The topological polar surface area (TPSA) is 142 Å². The number of hydrogen-bond acceptors (Lipinski definition) is 9. The number of non-ortho nitro benzene ring substituents is 1. The van der Waals surface area contributed by atoms with Crippen LogP contribution in [-0.4, -0.2) is 41.7 Å². The molecule has 1 amide bonds. The van der Waals surface area contributed by atoms with Crippen LogP contribution in [0.2, 0.25) is 0 Å². The molecule has 122 valence electrons. The van der Waals surface area contributed by atoms with Crippen molar-refractivity contribution in [2.45, 2.75) is 5.22 Å². The average molecular weight is 347 g/mol. The zero-order valence-corrected chi connectivity index (χ0v) is 12.7. The van der Waals surface area contributed by atoms with Crippen LogP contribution < -0.4 is 5.43 Å². The fraction of sp³-hybridized carbons (Fsp3) is 0.0833. The first-order valence-corrected chi connectivity index (χ1v) is 7.46. The van der Waals surface area contributed by atoms with Crippen LogP contribution in [0.15, 0.2) is 46.6 Å². The Labute approximate surface area is 138 Å². The summed E-state index contributed by atoms with van der Waals surface area (Å²) in [7, 11) is 0. The highest BCUT2D eigenvalue weighted by Gasteiger charge is 2.14. The fourth-order valence-electron chi connectivity index (χ4n) is 1.70. The number of carbonyl (C=O) groups is 1. The van der Waals surface area contributed by atoms with Gasteiger partial charge in [0.05, 0.1) is 10.7 Å². The molecule has 1 N–H and O–H groups in total. The number of nitrogens with zero attached hydrogens (tertiary/aromatic N) is 6. The van der Waals surface area contributed by atoms with Gasteiger partial charge >= 0.3 is 0 Å². The Balaban J connectivity index is 1.62. The molecule has 2 aromatic heterocycles. The van der Waals surface area contributed by atoms with Crippen LogP contribution in [-0.2, 0) is 4.79 Å². The first-order chi connectivity index (χ1) is 11.6. The molecular weight excluding hydrogens is 338 g/mol. The number of benzene rings is 1. The molecule has 0 unspecified atom stereocenters. The minimum absolute atomic E-state index is 0.0365. The lowest BCUT2D eigenvalue weighted by Crippen LogP contribution is -2.23. The van der Waals surface area contributed by atoms with Gasteiger partial charge in [-0.1, -0.05) is 17.8 Å². The second-order valence-corrected chi connectivity index (χ2v) is 5.30. The van der Waals surface area contributed by atoms with Gasteiger partial charge in [0.2, 0.25) is 11.8 Å². The highest BCUT2D eigenvalue weighted by atomic mass is 32.2. The highest BCUT2D eigenvalue weighted by Crippen LogP contribution is 2.25. The number of thioether (sulfide) groups is 1. The minimum atomic E-state index is -0.509. The number of nitro groups is 1. The second-order valence-electron chi connectivity index (χ2n) is 4.37. The Hall–Kier alpha value is -3.28. The summed E-state index contributed by atoms with van der Waals surface area (Å²) >= 11 is 1.04. The number of nitrogens with one attached hydrogen (secondary N) is 1. The monoisotopic (exact) mass is 347 g/mol. The Morgan fingerprint density at radius 3 is 2.88 bits per heavy atom. The maximum Gasteiger partial charge on any atom is 0.277 e. The van der Waals surface area contributed by atoms with Crippen molar-refractivity contribution >= 4 is 23.4 Å². The van der Waals surface area contributed by atoms with Gasteiger partial charge in [0.15, 0.2) is 0 Å². The SMILES string of the molecule is O=C(CSc1nnc(-c2cccc([N+](=O)[O-])c2)o1)Nn1cnnc1. The van der Waals surface area contributed by atoms with E-state index in [1.807, 2.05) is 0 Å². The summed E-state index contributed by atoms with van der Waals surface area (Å²) in [6.45, 7) is 0. The van der Waals surface area contributed by atoms with Crippen molar-refractivity contribution in [1.29, 1.82) is 0 Å². The Kier molecular flexibility index (Phi) is 4.47. The lowest BCUT2D eigenvalue weighted by atomic mass is 10.2. The van der Waals surface area contributed by atoms with Crippen molar-refractivity contribution in [3.8, 4) is 11.5 Å². The van der Waals surface area contributed by atoms with E-state index in [2.05, 4.69) is 25.8 Å². The van der Waals surface area contributed by atoms with Crippen molar-refractivity contribution in [3.63, 3.8) is 0 Å². The van der Waals surface area contributed by atoms with Crippen LogP contribution >= 0.6 is 11.8 Å². The third-order valence-electron chi connectivity index (χ3n) is 2.71. The molecule has 3 rings (SSSR count). The first kappa shape index (κ1) is 15.6. The number of carbonyl (C=O) groups excluding carboxylic acids is 1. The molecule has 11 nitrogen and oxygen atoms in total. The van der Waals surface area contributed by atoms with E-state index in [4.69, 9.17) is 4.42 Å². The number of hydrogen-bond donors (Lipinski definition) is 1. The molecule has 12 heteroatoms. The number of amides is 1.